The van der Waals surface area contributed by atoms with Crippen molar-refractivity contribution in [2.45, 2.75) is 12.7 Å². The van der Waals surface area contributed by atoms with Crippen LogP contribution in [-0.4, -0.2) is 15.5 Å². The van der Waals surface area contributed by atoms with Gasteiger partial charge >= 0.3 is 6.18 Å². The lowest BCUT2D eigenvalue weighted by Gasteiger charge is -2.11. The summed E-state index contributed by atoms with van der Waals surface area (Å²) in [5.41, 5.74) is -0.721. The van der Waals surface area contributed by atoms with Crippen LogP contribution >= 0.6 is 45.2 Å². The molecule has 1 amide bonds. The molecule has 1 N–H and O–H groups in total. The molecule has 1 aromatic heterocycles. The Kier molecular flexibility index (Phi) is 5.74. The van der Waals surface area contributed by atoms with Gasteiger partial charge in [-0.25, -0.2) is 4.98 Å². The molecule has 5 nitrogen and oxygen atoms in total. The van der Waals surface area contributed by atoms with Crippen LogP contribution in [0.25, 0.3) is 10.9 Å². The number of carbonyl (C=O) groups excluding carboxylic acids is 1. The fourth-order valence-corrected chi connectivity index (χ4v) is 4.42. The zero-order valence-electron chi connectivity index (χ0n) is 13.3. The molecule has 3 aromatic rings. The molecule has 1 heterocycles. The average Bonchev–Trinajstić information content (AvgIpc) is 2.57. The third kappa shape index (κ3) is 4.59. The Morgan fingerprint density at radius 2 is 1.93 bits per heavy atom. The van der Waals surface area contributed by atoms with Gasteiger partial charge in [0.15, 0.2) is 0 Å². The highest BCUT2D eigenvalue weighted by atomic mass is 127. The Labute approximate surface area is 178 Å². The standard InChI is InChI=1S/C17H10F3I2N3O2/c18-17(19,20)9-2-1-3-11(4-9)24-14(26)7-25-8-23-15-12(16(25)27)5-10(21)6-13(15)22/h1-6,8H,7H2,(H,24,26). The van der Waals surface area contributed by atoms with E-state index in [1.54, 1.807) is 6.07 Å². The zero-order chi connectivity index (χ0) is 19.8. The lowest BCUT2D eigenvalue weighted by Crippen LogP contribution is -2.28. The molecule has 0 spiro atoms. The number of benzene rings is 2. The summed E-state index contributed by atoms with van der Waals surface area (Å²) < 4.78 is 41.0. The van der Waals surface area contributed by atoms with E-state index in [4.69, 9.17) is 0 Å². The van der Waals surface area contributed by atoms with Crippen LogP contribution in [-0.2, 0) is 17.5 Å². The van der Waals surface area contributed by atoms with E-state index in [2.05, 4.69) is 55.5 Å². The number of alkyl halides is 3. The van der Waals surface area contributed by atoms with Crippen molar-refractivity contribution in [3.8, 4) is 0 Å². The van der Waals surface area contributed by atoms with E-state index >= 15 is 0 Å². The third-order valence-electron chi connectivity index (χ3n) is 3.63. The van der Waals surface area contributed by atoms with E-state index in [1.807, 2.05) is 6.07 Å². The summed E-state index contributed by atoms with van der Waals surface area (Å²) in [6, 6.07) is 7.85. The minimum absolute atomic E-state index is 0.000666. The number of nitrogens with zero attached hydrogens (tertiary/aromatic N) is 2. The van der Waals surface area contributed by atoms with Crippen molar-refractivity contribution in [1.82, 2.24) is 9.55 Å². The van der Waals surface area contributed by atoms with E-state index < -0.39 is 23.2 Å². The highest BCUT2D eigenvalue weighted by Crippen LogP contribution is 2.30. The zero-order valence-corrected chi connectivity index (χ0v) is 17.7. The number of rotatable bonds is 3. The number of carbonyl (C=O) groups is 1. The molecular formula is C17H10F3I2N3O2. The van der Waals surface area contributed by atoms with Crippen LogP contribution in [0.5, 0.6) is 0 Å². The molecule has 2 aromatic carbocycles. The first-order valence-electron chi connectivity index (χ1n) is 7.46. The number of halogens is 5. The van der Waals surface area contributed by atoms with Crippen LogP contribution in [0.2, 0.25) is 0 Å². The van der Waals surface area contributed by atoms with Crippen molar-refractivity contribution in [3.63, 3.8) is 0 Å². The quantitative estimate of drug-likeness (QED) is 0.458. The van der Waals surface area contributed by atoms with Gasteiger partial charge in [0.25, 0.3) is 5.56 Å². The molecule has 27 heavy (non-hydrogen) atoms. The van der Waals surface area contributed by atoms with Crippen molar-refractivity contribution in [2.75, 3.05) is 5.32 Å². The molecule has 0 radical (unpaired) electrons. The van der Waals surface area contributed by atoms with Gasteiger partial charge in [-0.1, -0.05) is 6.07 Å². The molecule has 0 saturated heterocycles. The monoisotopic (exact) mass is 599 g/mol. The molecule has 0 aliphatic carbocycles. The number of aromatic nitrogens is 2. The molecule has 0 bridgehead atoms. The average molecular weight is 599 g/mol. The van der Waals surface area contributed by atoms with Crippen LogP contribution < -0.4 is 10.9 Å². The Morgan fingerprint density at radius 1 is 1.19 bits per heavy atom. The highest BCUT2D eigenvalue weighted by Gasteiger charge is 2.30. The predicted molar refractivity (Wildman–Crippen MR) is 112 cm³/mol. The van der Waals surface area contributed by atoms with Crippen LogP contribution in [0.3, 0.4) is 0 Å². The fourth-order valence-electron chi connectivity index (χ4n) is 2.44. The van der Waals surface area contributed by atoms with E-state index in [0.717, 1.165) is 23.8 Å². The predicted octanol–water partition coefficient (Wildman–Crippen LogP) is 4.26. The third-order valence-corrected chi connectivity index (χ3v) is 5.08. The smallest absolute Gasteiger partial charge is 0.325 e. The minimum atomic E-state index is -4.51. The van der Waals surface area contributed by atoms with E-state index in [0.29, 0.717) is 10.9 Å². The van der Waals surface area contributed by atoms with Crippen molar-refractivity contribution in [3.05, 3.63) is 65.8 Å². The van der Waals surface area contributed by atoms with Gasteiger partial charge in [0, 0.05) is 12.8 Å². The van der Waals surface area contributed by atoms with E-state index in [9.17, 15) is 22.8 Å². The lowest BCUT2D eigenvalue weighted by atomic mass is 10.2. The molecule has 140 valence electrons. The summed E-state index contributed by atoms with van der Waals surface area (Å²) in [4.78, 5) is 29.0. The Hall–Kier alpha value is -1.70. The summed E-state index contributed by atoms with van der Waals surface area (Å²) in [5, 5.41) is 2.75. The Morgan fingerprint density at radius 3 is 2.63 bits per heavy atom. The Balaban J connectivity index is 1.85. The first kappa shape index (κ1) is 20.0. The topological polar surface area (TPSA) is 64.0 Å². The molecule has 0 atom stereocenters. The van der Waals surface area contributed by atoms with Crippen molar-refractivity contribution in [1.29, 1.82) is 0 Å². The second-order valence-corrected chi connectivity index (χ2v) is 8.00. The molecule has 0 unspecified atom stereocenters. The van der Waals surface area contributed by atoms with Gasteiger partial charge in [-0.2, -0.15) is 13.2 Å². The number of anilines is 1. The van der Waals surface area contributed by atoms with Gasteiger partial charge in [-0.3, -0.25) is 14.2 Å². The second kappa shape index (κ2) is 7.73. The molecule has 0 aliphatic rings. The fraction of sp³-hybridized carbons (Fsp3) is 0.118. The van der Waals surface area contributed by atoms with Crippen LogP contribution in [0.4, 0.5) is 18.9 Å². The van der Waals surface area contributed by atoms with Crippen molar-refractivity contribution in [2.24, 2.45) is 0 Å². The molecule has 0 fully saturated rings. The maximum Gasteiger partial charge on any atom is 0.416 e. The van der Waals surface area contributed by atoms with Crippen LogP contribution in [0, 0.1) is 7.14 Å². The molecular weight excluding hydrogens is 589 g/mol. The molecule has 3 rings (SSSR count). The molecule has 0 saturated carbocycles. The first-order valence-corrected chi connectivity index (χ1v) is 9.62. The van der Waals surface area contributed by atoms with Gasteiger partial charge in [-0.05, 0) is 75.5 Å². The van der Waals surface area contributed by atoms with Gasteiger partial charge in [-0.15, -0.1) is 0 Å². The first-order chi connectivity index (χ1) is 12.6. The highest BCUT2D eigenvalue weighted by molar-refractivity contribution is 14.1. The van der Waals surface area contributed by atoms with E-state index in [1.165, 1.54) is 18.5 Å². The second-order valence-electron chi connectivity index (χ2n) is 5.59. The van der Waals surface area contributed by atoms with Crippen molar-refractivity contribution < 1.29 is 18.0 Å². The van der Waals surface area contributed by atoms with Crippen LogP contribution in [0.15, 0.2) is 47.5 Å². The number of nitrogens with one attached hydrogen (secondary N) is 1. The minimum Gasteiger partial charge on any atom is -0.325 e. The van der Waals surface area contributed by atoms with Crippen LogP contribution in [0.1, 0.15) is 5.56 Å². The summed E-state index contributed by atoms with van der Waals surface area (Å²) in [5.74, 6) is -0.627. The number of fused-ring (bicyclic) bond motifs is 1. The summed E-state index contributed by atoms with van der Waals surface area (Å²) >= 11 is 4.16. The molecule has 0 aliphatic heterocycles. The largest absolute Gasteiger partial charge is 0.416 e. The van der Waals surface area contributed by atoms with Gasteiger partial charge < -0.3 is 5.32 Å². The van der Waals surface area contributed by atoms with Gasteiger partial charge in [0.1, 0.15) is 6.54 Å². The number of amides is 1. The summed E-state index contributed by atoms with van der Waals surface area (Å²) in [6.07, 6.45) is -3.25. The Bertz CT molecular complexity index is 1100. The van der Waals surface area contributed by atoms with E-state index in [-0.39, 0.29) is 12.2 Å². The van der Waals surface area contributed by atoms with Gasteiger partial charge in [0.2, 0.25) is 5.91 Å². The van der Waals surface area contributed by atoms with Crippen molar-refractivity contribution >= 4 is 67.7 Å². The summed E-state index contributed by atoms with van der Waals surface area (Å²) in [6.45, 7) is -0.361. The number of hydrogen-bond acceptors (Lipinski definition) is 3. The van der Waals surface area contributed by atoms with Gasteiger partial charge in [0.05, 0.1) is 22.8 Å². The maximum absolute atomic E-state index is 12.8. The SMILES string of the molecule is O=C(Cn1cnc2c(I)cc(I)cc2c1=O)Nc1cccc(C(F)(F)F)c1. The normalized spacial score (nSPS) is 11.6. The maximum atomic E-state index is 12.8. The molecule has 10 heteroatoms. The number of hydrogen-bond donors (Lipinski definition) is 1. The lowest BCUT2D eigenvalue weighted by molar-refractivity contribution is -0.137. The summed E-state index contributed by atoms with van der Waals surface area (Å²) in [7, 11) is 0.